The van der Waals surface area contributed by atoms with Crippen molar-refractivity contribution in [3.8, 4) is 5.75 Å². The van der Waals surface area contributed by atoms with Gasteiger partial charge in [-0.2, -0.15) is 0 Å². The Morgan fingerprint density at radius 3 is 2.30 bits per heavy atom. The van der Waals surface area contributed by atoms with E-state index < -0.39 is 11.6 Å². The van der Waals surface area contributed by atoms with Gasteiger partial charge < -0.3 is 10.1 Å². The van der Waals surface area contributed by atoms with Crippen molar-refractivity contribution in [1.82, 2.24) is 20.3 Å². The van der Waals surface area contributed by atoms with Gasteiger partial charge in [-0.25, -0.2) is 4.68 Å². The first kappa shape index (κ1) is 25.9. The Balaban J connectivity index is 1.81. The van der Waals surface area contributed by atoms with Crippen molar-refractivity contribution in [2.24, 2.45) is 0 Å². The zero-order valence-corrected chi connectivity index (χ0v) is 21.9. The van der Waals surface area contributed by atoms with Crippen LogP contribution in [0.4, 0.5) is 5.69 Å². The summed E-state index contributed by atoms with van der Waals surface area (Å²) < 4.78 is 6.88. The molecule has 1 atom stereocenters. The van der Waals surface area contributed by atoms with Gasteiger partial charge in [0.05, 0.1) is 12.6 Å². The number of rotatable bonds is 8. The number of aromatic nitrogens is 3. The highest BCUT2D eigenvalue weighted by atomic mass is 16.5. The maximum Gasteiger partial charge on any atom is 0.249 e. The lowest BCUT2D eigenvalue weighted by Crippen LogP contribution is -2.50. The minimum absolute atomic E-state index is 0.0844. The number of ether oxygens (including phenoxy) is 1. The number of para-hydroxylation sites is 1. The van der Waals surface area contributed by atoms with E-state index >= 15 is 0 Å². The van der Waals surface area contributed by atoms with Gasteiger partial charge in [-0.05, 0) is 74.7 Å². The van der Waals surface area contributed by atoms with Gasteiger partial charge in [0.1, 0.15) is 23.9 Å². The van der Waals surface area contributed by atoms with Gasteiger partial charge >= 0.3 is 0 Å². The van der Waals surface area contributed by atoms with Gasteiger partial charge in [0.15, 0.2) is 0 Å². The highest BCUT2D eigenvalue weighted by Gasteiger charge is 2.34. The van der Waals surface area contributed by atoms with Gasteiger partial charge in [0, 0.05) is 11.2 Å². The number of nitrogens with one attached hydrogen (secondary N) is 1. The monoisotopic (exact) mass is 499 g/mol. The molecule has 0 saturated carbocycles. The summed E-state index contributed by atoms with van der Waals surface area (Å²) in [7, 11) is 1.59. The Kier molecular flexibility index (Phi) is 7.57. The van der Waals surface area contributed by atoms with Gasteiger partial charge in [-0.15, -0.1) is 5.10 Å². The number of aryl methyl sites for hydroxylation is 1. The van der Waals surface area contributed by atoms with E-state index in [0.717, 1.165) is 17.5 Å². The Morgan fingerprint density at radius 1 is 1.00 bits per heavy atom. The molecule has 8 heteroatoms. The summed E-state index contributed by atoms with van der Waals surface area (Å²) in [5.74, 6) is 0.0835. The Morgan fingerprint density at radius 2 is 1.68 bits per heavy atom. The van der Waals surface area contributed by atoms with Crippen LogP contribution in [0.25, 0.3) is 11.0 Å². The lowest BCUT2D eigenvalue weighted by molar-refractivity contribution is -0.128. The molecule has 1 N–H and O–H groups in total. The molecular formula is C29H33N5O3. The second-order valence-electron chi connectivity index (χ2n) is 9.93. The van der Waals surface area contributed by atoms with Crippen LogP contribution in [-0.4, -0.2) is 39.5 Å². The third-order valence-corrected chi connectivity index (χ3v) is 6.03. The lowest BCUT2D eigenvalue weighted by Gasteiger charge is -2.34. The summed E-state index contributed by atoms with van der Waals surface area (Å²) in [6.45, 7) is 7.75. The lowest BCUT2D eigenvalue weighted by atomic mass is 9.99. The predicted octanol–water partition coefficient (Wildman–Crippen LogP) is 4.69. The number of amides is 2. The highest BCUT2D eigenvalue weighted by Crippen LogP contribution is 2.31. The zero-order chi connectivity index (χ0) is 26.6. The van der Waals surface area contributed by atoms with Crippen LogP contribution in [-0.2, 0) is 22.6 Å². The quantitative estimate of drug-likeness (QED) is 0.380. The Bertz CT molecular complexity index is 1370. The standard InChI is InChI=1S/C29H33N5O3/c1-6-20-11-13-21(14-12-20)27(28(36)30-29(2,3)4)34(22-15-17-23(37-5)18-16-22)26(35)19-33-25-10-8-7-9-24(25)31-32-33/h7-18,27H,6,19H2,1-5H3,(H,30,36)/t27-/m1/s1. The molecule has 1 aromatic heterocycles. The second kappa shape index (κ2) is 10.8. The maximum atomic E-state index is 14.0. The summed E-state index contributed by atoms with van der Waals surface area (Å²) in [6, 6.07) is 21.5. The van der Waals surface area contributed by atoms with Gasteiger partial charge in [0.2, 0.25) is 11.8 Å². The van der Waals surface area contributed by atoms with Gasteiger partial charge in [-0.1, -0.05) is 48.5 Å². The van der Waals surface area contributed by atoms with Gasteiger partial charge in [-0.3, -0.25) is 14.5 Å². The van der Waals surface area contributed by atoms with E-state index in [1.54, 1.807) is 36.1 Å². The molecule has 0 bridgehead atoms. The van der Waals surface area contributed by atoms with E-state index in [9.17, 15) is 9.59 Å². The molecule has 0 aliphatic heterocycles. The van der Waals surface area contributed by atoms with E-state index in [1.807, 2.05) is 69.3 Å². The maximum absolute atomic E-state index is 14.0. The summed E-state index contributed by atoms with van der Waals surface area (Å²) in [5.41, 5.74) is 3.39. The van der Waals surface area contributed by atoms with Crippen molar-refractivity contribution in [2.75, 3.05) is 12.0 Å². The van der Waals surface area contributed by atoms with Crippen molar-refractivity contribution >= 4 is 28.5 Å². The number of hydrogen-bond donors (Lipinski definition) is 1. The molecule has 4 aromatic rings. The first-order chi connectivity index (χ1) is 17.7. The third kappa shape index (κ3) is 5.97. The van der Waals surface area contributed by atoms with Crippen molar-refractivity contribution in [3.63, 3.8) is 0 Å². The Labute approximate surface area is 217 Å². The van der Waals surface area contributed by atoms with Crippen LogP contribution in [0.3, 0.4) is 0 Å². The van der Waals surface area contributed by atoms with Crippen LogP contribution in [0, 0.1) is 0 Å². The van der Waals surface area contributed by atoms with Crippen molar-refractivity contribution < 1.29 is 14.3 Å². The molecule has 0 fully saturated rings. The summed E-state index contributed by atoms with van der Waals surface area (Å²) in [4.78, 5) is 29.4. The van der Waals surface area contributed by atoms with Gasteiger partial charge in [0.25, 0.3) is 0 Å². The fourth-order valence-electron chi connectivity index (χ4n) is 4.21. The number of hydrogen-bond acceptors (Lipinski definition) is 5. The summed E-state index contributed by atoms with van der Waals surface area (Å²) in [5, 5.41) is 11.4. The van der Waals surface area contributed by atoms with E-state index in [1.165, 1.54) is 4.90 Å². The smallest absolute Gasteiger partial charge is 0.249 e. The van der Waals surface area contributed by atoms with Crippen LogP contribution >= 0.6 is 0 Å². The predicted molar refractivity (Wildman–Crippen MR) is 144 cm³/mol. The molecule has 0 radical (unpaired) electrons. The molecule has 0 aliphatic carbocycles. The molecular weight excluding hydrogens is 466 g/mol. The fourth-order valence-corrected chi connectivity index (χ4v) is 4.21. The molecule has 2 amide bonds. The van der Waals surface area contributed by atoms with E-state index in [-0.39, 0.29) is 18.4 Å². The first-order valence-electron chi connectivity index (χ1n) is 12.4. The largest absolute Gasteiger partial charge is 0.497 e. The molecule has 4 rings (SSSR count). The molecule has 0 aliphatic rings. The van der Waals surface area contributed by atoms with Crippen LogP contribution in [0.15, 0.2) is 72.8 Å². The normalized spacial score (nSPS) is 12.2. The van der Waals surface area contributed by atoms with Crippen molar-refractivity contribution in [1.29, 1.82) is 0 Å². The zero-order valence-electron chi connectivity index (χ0n) is 21.9. The Hall–Kier alpha value is -4.20. The molecule has 1 heterocycles. The van der Waals surface area contributed by atoms with Crippen LogP contribution < -0.4 is 15.0 Å². The SMILES string of the molecule is CCc1ccc([C@H](C(=O)NC(C)(C)C)N(C(=O)Cn2nnc3ccccc32)c2ccc(OC)cc2)cc1. The number of methoxy groups -OCH3 is 1. The molecule has 8 nitrogen and oxygen atoms in total. The van der Waals surface area contributed by atoms with Crippen LogP contribution in [0.1, 0.15) is 44.9 Å². The van der Waals surface area contributed by atoms with Crippen LogP contribution in [0.2, 0.25) is 0 Å². The minimum Gasteiger partial charge on any atom is -0.497 e. The van der Waals surface area contributed by atoms with E-state index in [2.05, 4.69) is 22.6 Å². The van der Waals surface area contributed by atoms with E-state index in [4.69, 9.17) is 4.74 Å². The first-order valence-corrected chi connectivity index (χ1v) is 12.4. The molecule has 192 valence electrons. The minimum atomic E-state index is -0.902. The summed E-state index contributed by atoms with van der Waals surface area (Å²) in [6.07, 6.45) is 0.875. The molecule has 37 heavy (non-hydrogen) atoms. The number of anilines is 1. The number of carbonyl (C=O) groups excluding carboxylic acids is 2. The summed E-state index contributed by atoms with van der Waals surface area (Å²) >= 11 is 0. The number of nitrogens with zero attached hydrogens (tertiary/aromatic N) is 4. The van der Waals surface area contributed by atoms with Crippen molar-refractivity contribution in [3.05, 3.63) is 83.9 Å². The number of fused-ring (bicyclic) bond motifs is 1. The van der Waals surface area contributed by atoms with Crippen LogP contribution in [0.5, 0.6) is 5.75 Å². The molecule has 3 aromatic carbocycles. The van der Waals surface area contributed by atoms with E-state index in [0.29, 0.717) is 22.5 Å². The average molecular weight is 500 g/mol. The molecule has 0 spiro atoms. The third-order valence-electron chi connectivity index (χ3n) is 6.03. The number of benzene rings is 3. The molecule has 0 unspecified atom stereocenters. The molecule has 0 saturated heterocycles. The fraction of sp³-hybridized carbons (Fsp3) is 0.310. The number of carbonyl (C=O) groups is 2. The topological polar surface area (TPSA) is 89.4 Å². The average Bonchev–Trinajstić information content (AvgIpc) is 3.29. The van der Waals surface area contributed by atoms with Crippen molar-refractivity contribution in [2.45, 2.75) is 52.2 Å². The second-order valence-corrected chi connectivity index (χ2v) is 9.93. The highest BCUT2D eigenvalue weighted by molar-refractivity contribution is 6.01.